The number of hydrogen-bond donors (Lipinski definition) is 0. The fourth-order valence-corrected chi connectivity index (χ4v) is 3.88. The average molecular weight is 389 g/mol. The standard InChI is InChI=1S/C22H15NO4S/c1-14(24)15-8-10-16(11-9-15)23(22(26)18-6-4-12-27-18)13-20-21(25)17-5-2-3-7-19(17)28-20/h2-13H,1H3/b20-13-. The van der Waals surface area contributed by atoms with Gasteiger partial charge in [-0.3, -0.25) is 19.3 Å². The van der Waals surface area contributed by atoms with Crippen molar-refractivity contribution >= 4 is 34.9 Å². The van der Waals surface area contributed by atoms with E-state index in [4.69, 9.17) is 4.42 Å². The molecule has 28 heavy (non-hydrogen) atoms. The second-order valence-corrected chi connectivity index (χ2v) is 7.26. The van der Waals surface area contributed by atoms with Gasteiger partial charge < -0.3 is 4.42 Å². The predicted molar refractivity (Wildman–Crippen MR) is 107 cm³/mol. The second kappa shape index (κ2) is 7.32. The second-order valence-electron chi connectivity index (χ2n) is 6.18. The Hall–Kier alpha value is -3.38. The lowest BCUT2D eigenvalue weighted by atomic mass is 10.1. The summed E-state index contributed by atoms with van der Waals surface area (Å²) in [4.78, 5) is 39.9. The van der Waals surface area contributed by atoms with E-state index in [9.17, 15) is 14.4 Å². The molecule has 3 aromatic rings. The molecule has 0 atom stereocenters. The molecule has 5 nitrogen and oxygen atoms in total. The number of amides is 1. The maximum absolute atomic E-state index is 13.0. The number of benzene rings is 2. The molecule has 138 valence electrons. The Labute approximate surface area is 165 Å². The highest BCUT2D eigenvalue weighted by Gasteiger charge is 2.28. The number of carbonyl (C=O) groups excluding carboxylic acids is 3. The summed E-state index contributed by atoms with van der Waals surface area (Å²) in [5, 5.41) is 0. The average Bonchev–Trinajstić information content (AvgIpc) is 3.35. The van der Waals surface area contributed by atoms with Crippen LogP contribution in [-0.4, -0.2) is 17.5 Å². The van der Waals surface area contributed by atoms with Gasteiger partial charge in [0.05, 0.1) is 11.2 Å². The van der Waals surface area contributed by atoms with Crippen LogP contribution in [0.2, 0.25) is 0 Å². The van der Waals surface area contributed by atoms with Gasteiger partial charge in [0, 0.05) is 27.9 Å². The minimum atomic E-state index is -0.405. The molecule has 0 unspecified atom stereocenters. The molecule has 2 heterocycles. The van der Waals surface area contributed by atoms with E-state index in [1.807, 2.05) is 18.2 Å². The van der Waals surface area contributed by atoms with E-state index in [1.54, 1.807) is 42.5 Å². The van der Waals surface area contributed by atoms with Gasteiger partial charge in [0.2, 0.25) is 5.78 Å². The molecular weight excluding hydrogens is 374 g/mol. The van der Waals surface area contributed by atoms with E-state index in [1.165, 1.54) is 36.0 Å². The van der Waals surface area contributed by atoms with E-state index < -0.39 is 5.91 Å². The van der Waals surface area contributed by atoms with Gasteiger partial charge in [0.15, 0.2) is 11.5 Å². The quantitative estimate of drug-likeness (QED) is 0.466. The van der Waals surface area contributed by atoms with Crippen LogP contribution in [0.3, 0.4) is 0 Å². The van der Waals surface area contributed by atoms with Crippen LogP contribution in [0.5, 0.6) is 0 Å². The smallest absolute Gasteiger partial charge is 0.298 e. The van der Waals surface area contributed by atoms with Gasteiger partial charge >= 0.3 is 0 Å². The van der Waals surface area contributed by atoms with Crippen LogP contribution in [0.1, 0.15) is 38.2 Å². The van der Waals surface area contributed by atoms with Gasteiger partial charge in [0.25, 0.3) is 5.91 Å². The number of fused-ring (bicyclic) bond motifs is 1. The molecule has 0 bridgehead atoms. The van der Waals surface area contributed by atoms with Crippen molar-refractivity contribution in [3.63, 3.8) is 0 Å². The Bertz CT molecular complexity index is 1100. The number of ketones is 2. The van der Waals surface area contributed by atoms with Crippen LogP contribution < -0.4 is 4.90 Å². The lowest BCUT2D eigenvalue weighted by Gasteiger charge is -2.18. The van der Waals surface area contributed by atoms with Gasteiger partial charge in [0.1, 0.15) is 0 Å². The first-order valence-electron chi connectivity index (χ1n) is 8.56. The SMILES string of the molecule is CC(=O)c1ccc(N(/C=C2\Sc3ccccc3C2=O)C(=O)c2ccco2)cc1. The largest absolute Gasteiger partial charge is 0.459 e. The minimum Gasteiger partial charge on any atom is -0.459 e. The highest BCUT2D eigenvalue weighted by Crippen LogP contribution is 2.40. The Morgan fingerprint density at radius 3 is 2.39 bits per heavy atom. The first kappa shape index (κ1) is 18.0. The van der Waals surface area contributed by atoms with E-state index in [-0.39, 0.29) is 17.3 Å². The van der Waals surface area contributed by atoms with Crippen molar-refractivity contribution in [2.75, 3.05) is 4.90 Å². The Morgan fingerprint density at radius 1 is 1.00 bits per heavy atom. The summed E-state index contributed by atoms with van der Waals surface area (Å²) in [6.07, 6.45) is 2.95. The lowest BCUT2D eigenvalue weighted by molar-refractivity contribution is 0.0970. The van der Waals surface area contributed by atoms with Gasteiger partial charge in [-0.2, -0.15) is 0 Å². The minimum absolute atomic E-state index is 0.0641. The van der Waals surface area contributed by atoms with Crippen LogP contribution in [0.25, 0.3) is 0 Å². The molecule has 1 amide bonds. The number of allylic oxidation sites excluding steroid dienone is 1. The molecule has 0 spiro atoms. The van der Waals surface area contributed by atoms with Crippen LogP contribution in [0.15, 0.2) is 87.3 Å². The van der Waals surface area contributed by atoms with E-state index in [0.717, 1.165) is 4.90 Å². The summed E-state index contributed by atoms with van der Waals surface area (Å²) in [5.74, 6) is -0.443. The number of thioether (sulfide) groups is 1. The third kappa shape index (κ3) is 3.30. The molecule has 0 saturated heterocycles. The zero-order chi connectivity index (χ0) is 19.7. The van der Waals surface area contributed by atoms with Crippen molar-refractivity contribution < 1.29 is 18.8 Å². The number of rotatable bonds is 4. The molecule has 6 heteroatoms. The van der Waals surface area contributed by atoms with Crippen molar-refractivity contribution in [3.8, 4) is 0 Å². The summed E-state index contributed by atoms with van der Waals surface area (Å²) < 4.78 is 5.25. The zero-order valence-electron chi connectivity index (χ0n) is 14.9. The normalized spacial score (nSPS) is 14.2. The van der Waals surface area contributed by atoms with Crippen molar-refractivity contribution in [3.05, 3.63) is 94.9 Å². The predicted octanol–water partition coefficient (Wildman–Crippen LogP) is 4.96. The first-order chi connectivity index (χ1) is 13.5. The summed E-state index contributed by atoms with van der Waals surface area (Å²) in [7, 11) is 0. The summed E-state index contributed by atoms with van der Waals surface area (Å²) >= 11 is 1.32. The maximum Gasteiger partial charge on any atom is 0.298 e. The van der Waals surface area contributed by atoms with E-state index in [2.05, 4.69) is 0 Å². The Kier molecular flexibility index (Phi) is 4.71. The summed E-state index contributed by atoms with van der Waals surface area (Å²) in [6.45, 7) is 1.48. The number of Topliss-reactive ketones (excluding diaryl/α,β-unsaturated/α-hetero) is 2. The molecule has 0 fully saturated rings. The van der Waals surface area contributed by atoms with Gasteiger partial charge in [-0.1, -0.05) is 23.9 Å². The number of hydrogen-bond acceptors (Lipinski definition) is 5. The Balaban J connectivity index is 1.75. The number of furan rings is 1. The number of carbonyl (C=O) groups is 3. The summed E-state index contributed by atoms with van der Waals surface area (Å²) in [5.41, 5.74) is 1.69. The van der Waals surface area contributed by atoms with Crippen molar-refractivity contribution in [1.29, 1.82) is 0 Å². The molecule has 1 aliphatic heterocycles. The van der Waals surface area contributed by atoms with Crippen LogP contribution >= 0.6 is 11.8 Å². The highest BCUT2D eigenvalue weighted by atomic mass is 32.2. The maximum atomic E-state index is 13.0. The zero-order valence-corrected chi connectivity index (χ0v) is 15.7. The van der Waals surface area contributed by atoms with Crippen molar-refractivity contribution in [2.45, 2.75) is 11.8 Å². The van der Waals surface area contributed by atoms with Gasteiger partial charge in [-0.15, -0.1) is 0 Å². The van der Waals surface area contributed by atoms with Crippen LogP contribution in [0, 0.1) is 0 Å². The van der Waals surface area contributed by atoms with Crippen molar-refractivity contribution in [2.24, 2.45) is 0 Å². The highest BCUT2D eigenvalue weighted by molar-refractivity contribution is 8.04. The van der Waals surface area contributed by atoms with Crippen molar-refractivity contribution in [1.82, 2.24) is 0 Å². The topological polar surface area (TPSA) is 67.6 Å². The van der Waals surface area contributed by atoms with Crippen LogP contribution in [-0.2, 0) is 0 Å². The molecule has 1 aliphatic rings. The number of nitrogens with zero attached hydrogens (tertiary/aromatic N) is 1. The molecule has 2 aromatic carbocycles. The fraction of sp³-hybridized carbons (Fsp3) is 0.0455. The van der Waals surface area contributed by atoms with E-state index >= 15 is 0 Å². The lowest BCUT2D eigenvalue weighted by Crippen LogP contribution is -2.25. The van der Waals surface area contributed by atoms with E-state index in [0.29, 0.717) is 21.7 Å². The summed E-state index contributed by atoms with van der Waals surface area (Å²) in [6, 6.07) is 17.2. The first-order valence-corrected chi connectivity index (χ1v) is 9.38. The molecule has 4 rings (SSSR count). The number of anilines is 1. The Morgan fingerprint density at radius 2 is 1.75 bits per heavy atom. The third-order valence-corrected chi connectivity index (χ3v) is 5.41. The van der Waals surface area contributed by atoms with Gasteiger partial charge in [-0.25, -0.2) is 0 Å². The van der Waals surface area contributed by atoms with Gasteiger partial charge in [-0.05, 0) is 55.5 Å². The molecule has 0 saturated carbocycles. The fourth-order valence-electron chi connectivity index (χ4n) is 2.87. The third-order valence-electron chi connectivity index (χ3n) is 4.32. The monoisotopic (exact) mass is 389 g/mol. The van der Waals surface area contributed by atoms with Crippen LogP contribution in [0.4, 0.5) is 5.69 Å². The molecule has 0 aliphatic carbocycles. The molecule has 0 radical (unpaired) electrons. The molecular formula is C22H15NO4S. The molecule has 1 aromatic heterocycles. The molecule has 0 N–H and O–H groups in total.